The third kappa shape index (κ3) is 5.85. The summed E-state index contributed by atoms with van der Waals surface area (Å²) in [7, 11) is 1.51. The molecule has 6 bridgehead atoms. The number of aryl methyl sites for hydroxylation is 2. The standard InChI is InChI=1S/C36H34N4O8/c1-19-26-17-37-35(45)27-16-22(38-34(44)25-5-3-4-24-23(25)9-11-28(24)41)18-40(27)33(43)13-7-20-6-10-29(42)31(14-20)48-32-15-21(36(39-26)47-19)8-12-30(32)46-2/h3-6,8,10,12,14-15,22,27,42H,7,9,11,13,16-18H2,1-2H3,(H,37,45)(H,38,44)/t22-,27-/m0/s1. The molecule has 1 saturated heterocycles. The van der Waals surface area contributed by atoms with Crippen LogP contribution in [-0.4, -0.2) is 64.2 Å². The van der Waals surface area contributed by atoms with Gasteiger partial charge in [-0.05, 0) is 73.7 Å². The number of nitrogens with zero attached hydrogens (tertiary/aromatic N) is 2. The van der Waals surface area contributed by atoms with E-state index in [9.17, 15) is 24.3 Å². The van der Waals surface area contributed by atoms with Crippen molar-refractivity contribution < 1.29 is 38.2 Å². The van der Waals surface area contributed by atoms with E-state index in [2.05, 4.69) is 15.6 Å². The quantitative estimate of drug-likeness (QED) is 0.295. The summed E-state index contributed by atoms with van der Waals surface area (Å²) in [5.41, 5.74) is 3.58. The van der Waals surface area contributed by atoms with E-state index in [1.165, 1.54) is 18.1 Å². The van der Waals surface area contributed by atoms with Gasteiger partial charge in [-0.3, -0.25) is 19.2 Å². The number of aromatic hydroxyl groups is 1. The fourth-order valence-electron chi connectivity index (χ4n) is 6.63. The number of phenols is 1. The lowest BCUT2D eigenvalue weighted by Gasteiger charge is -2.24. The van der Waals surface area contributed by atoms with Gasteiger partial charge in [0.1, 0.15) is 17.5 Å². The van der Waals surface area contributed by atoms with Crippen molar-refractivity contribution in [2.45, 2.75) is 57.7 Å². The van der Waals surface area contributed by atoms with Gasteiger partial charge in [0.05, 0.1) is 13.7 Å². The zero-order valence-electron chi connectivity index (χ0n) is 26.5. The molecule has 3 amide bonds. The molecule has 0 radical (unpaired) electrons. The van der Waals surface area contributed by atoms with E-state index < -0.39 is 12.1 Å². The smallest absolute Gasteiger partial charge is 0.251 e. The number of ether oxygens (including phenoxy) is 2. The predicted molar refractivity (Wildman–Crippen MR) is 172 cm³/mol. The largest absolute Gasteiger partial charge is 0.504 e. The molecule has 3 aliphatic rings. The average molecular weight is 651 g/mol. The predicted octanol–water partition coefficient (Wildman–Crippen LogP) is 4.25. The second kappa shape index (κ2) is 12.5. The number of phenolic OH excluding ortho intramolecular Hbond substituents is 1. The minimum Gasteiger partial charge on any atom is -0.504 e. The molecule has 246 valence electrons. The Hall–Kier alpha value is -5.65. The molecule has 1 fully saturated rings. The van der Waals surface area contributed by atoms with Crippen LogP contribution in [0, 0.1) is 6.92 Å². The van der Waals surface area contributed by atoms with Crippen molar-refractivity contribution in [1.29, 1.82) is 0 Å². The van der Waals surface area contributed by atoms with Crippen LogP contribution >= 0.6 is 0 Å². The maximum atomic E-state index is 13.7. The number of rotatable bonds is 3. The van der Waals surface area contributed by atoms with Crippen molar-refractivity contribution >= 4 is 23.5 Å². The highest BCUT2D eigenvalue weighted by molar-refractivity contribution is 6.05. The molecule has 3 aromatic carbocycles. The van der Waals surface area contributed by atoms with E-state index in [0.29, 0.717) is 64.8 Å². The molecule has 48 heavy (non-hydrogen) atoms. The summed E-state index contributed by atoms with van der Waals surface area (Å²) in [6, 6.07) is 13.8. The number of aromatic nitrogens is 1. The molecule has 0 spiro atoms. The van der Waals surface area contributed by atoms with E-state index in [1.54, 1.807) is 55.5 Å². The van der Waals surface area contributed by atoms with Gasteiger partial charge in [0, 0.05) is 42.1 Å². The molecule has 0 unspecified atom stereocenters. The highest BCUT2D eigenvalue weighted by Gasteiger charge is 2.40. The summed E-state index contributed by atoms with van der Waals surface area (Å²) in [6.45, 7) is 1.95. The zero-order chi connectivity index (χ0) is 33.5. The summed E-state index contributed by atoms with van der Waals surface area (Å²) < 4.78 is 17.5. The highest BCUT2D eigenvalue weighted by Crippen LogP contribution is 2.39. The molecule has 3 heterocycles. The molecule has 1 aromatic heterocycles. The molecule has 3 N–H and O–H groups in total. The van der Waals surface area contributed by atoms with Gasteiger partial charge in [-0.15, -0.1) is 0 Å². The number of methoxy groups -OCH3 is 1. The number of carbonyl (C=O) groups is 4. The second-order valence-electron chi connectivity index (χ2n) is 12.2. The van der Waals surface area contributed by atoms with E-state index in [-0.39, 0.29) is 60.9 Å². The van der Waals surface area contributed by atoms with Gasteiger partial charge < -0.3 is 34.5 Å². The summed E-state index contributed by atoms with van der Waals surface area (Å²) in [4.78, 5) is 59.2. The Balaban J connectivity index is 1.18. The number of hydrogen-bond donors (Lipinski definition) is 3. The topological polar surface area (TPSA) is 160 Å². The summed E-state index contributed by atoms with van der Waals surface area (Å²) in [5.74, 6) is 0.691. The molecule has 7 rings (SSSR count). The number of nitrogens with one attached hydrogen (secondary N) is 2. The van der Waals surface area contributed by atoms with Crippen LogP contribution in [-0.2, 0) is 29.0 Å². The van der Waals surface area contributed by atoms with Crippen molar-refractivity contribution in [2.24, 2.45) is 0 Å². The molecule has 12 nitrogen and oxygen atoms in total. The van der Waals surface area contributed by atoms with E-state index in [0.717, 1.165) is 11.1 Å². The van der Waals surface area contributed by atoms with Crippen LogP contribution in [0.1, 0.15) is 62.6 Å². The second-order valence-corrected chi connectivity index (χ2v) is 12.2. The summed E-state index contributed by atoms with van der Waals surface area (Å²) in [6.07, 6.45) is 1.48. The van der Waals surface area contributed by atoms with Crippen molar-refractivity contribution in [3.05, 3.63) is 88.3 Å². The van der Waals surface area contributed by atoms with Gasteiger partial charge in [-0.25, -0.2) is 4.98 Å². The van der Waals surface area contributed by atoms with Gasteiger partial charge in [-0.2, -0.15) is 0 Å². The average Bonchev–Trinajstić information content (AvgIpc) is 3.80. The Labute approximate surface area is 276 Å². The fraction of sp³-hybridized carbons (Fsp3) is 0.306. The number of fused-ring (bicyclic) bond motifs is 9. The highest BCUT2D eigenvalue weighted by atomic mass is 16.5. The molecule has 1 aliphatic carbocycles. The maximum absolute atomic E-state index is 13.7. The maximum Gasteiger partial charge on any atom is 0.251 e. The number of oxazole rings is 1. The third-order valence-corrected chi connectivity index (χ3v) is 9.19. The van der Waals surface area contributed by atoms with Crippen molar-refractivity contribution in [3.63, 3.8) is 0 Å². The van der Waals surface area contributed by atoms with Gasteiger partial charge in [0.15, 0.2) is 28.8 Å². The van der Waals surface area contributed by atoms with Crippen LogP contribution in [0.5, 0.6) is 23.0 Å². The lowest BCUT2D eigenvalue weighted by atomic mass is 10.0. The third-order valence-electron chi connectivity index (χ3n) is 9.19. The first-order chi connectivity index (χ1) is 23.2. The Morgan fingerprint density at radius 2 is 1.90 bits per heavy atom. The van der Waals surface area contributed by atoms with E-state index in [1.807, 2.05) is 0 Å². The number of hydrogen-bond acceptors (Lipinski definition) is 9. The zero-order valence-corrected chi connectivity index (χ0v) is 26.5. The van der Waals surface area contributed by atoms with Crippen LogP contribution in [0.25, 0.3) is 11.5 Å². The van der Waals surface area contributed by atoms with E-state index >= 15 is 0 Å². The molecule has 2 aliphatic heterocycles. The summed E-state index contributed by atoms with van der Waals surface area (Å²) >= 11 is 0. The molecule has 2 atom stereocenters. The van der Waals surface area contributed by atoms with Gasteiger partial charge in [0.25, 0.3) is 5.91 Å². The Morgan fingerprint density at radius 1 is 1.04 bits per heavy atom. The molecule has 0 saturated carbocycles. The van der Waals surface area contributed by atoms with Gasteiger partial charge in [0.2, 0.25) is 17.7 Å². The Bertz CT molecular complexity index is 1970. The molecule has 4 aromatic rings. The Kier molecular flexibility index (Phi) is 8.07. The fourth-order valence-corrected chi connectivity index (χ4v) is 6.63. The number of amides is 3. The number of carbonyl (C=O) groups excluding carboxylic acids is 4. The minimum absolute atomic E-state index is 0.0190. The van der Waals surface area contributed by atoms with Crippen LogP contribution < -0.4 is 20.1 Å². The molecule has 12 heteroatoms. The van der Waals surface area contributed by atoms with Gasteiger partial charge in [-0.1, -0.05) is 18.2 Å². The normalized spacial score (nSPS) is 19.0. The summed E-state index contributed by atoms with van der Waals surface area (Å²) in [5, 5.41) is 16.5. The van der Waals surface area contributed by atoms with Crippen LogP contribution in [0.3, 0.4) is 0 Å². The first-order valence-corrected chi connectivity index (χ1v) is 15.9. The van der Waals surface area contributed by atoms with Crippen LogP contribution in [0.2, 0.25) is 0 Å². The molecular formula is C36H34N4O8. The lowest BCUT2D eigenvalue weighted by molar-refractivity contribution is -0.138. The van der Waals surface area contributed by atoms with Gasteiger partial charge >= 0.3 is 0 Å². The first kappa shape index (κ1) is 31.0. The molecular weight excluding hydrogens is 616 g/mol. The van der Waals surface area contributed by atoms with Crippen LogP contribution in [0.15, 0.2) is 59.0 Å². The minimum atomic E-state index is -0.834. The SMILES string of the molecule is COc1ccc2cc1Oc1cc(ccc1O)CCC(=O)N1C[C@@H](NC(=O)c3cccc4c3CCC4=O)C[C@H]1C(=O)NCc1nc-2oc1C. The lowest BCUT2D eigenvalue weighted by Crippen LogP contribution is -2.46. The van der Waals surface area contributed by atoms with Crippen LogP contribution in [0.4, 0.5) is 0 Å². The monoisotopic (exact) mass is 650 g/mol. The van der Waals surface area contributed by atoms with E-state index in [4.69, 9.17) is 13.9 Å². The van der Waals surface area contributed by atoms with Crippen molar-refractivity contribution in [3.8, 4) is 34.5 Å². The van der Waals surface area contributed by atoms with Crippen molar-refractivity contribution in [1.82, 2.24) is 20.5 Å². The Morgan fingerprint density at radius 3 is 2.73 bits per heavy atom. The number of Topliss-reactive ketones (excluding diaryl/α,β-unsaturated/α-hetero) is 1. The number of ketones is 1. The number of benzene rings is 3. The first-order valence-electron chi connectivity index (χ1n) is 15.9. The van der Waals surface area contributed by atoms with Crippen molar-refractivity contribution in [2.75, 3.05) is 13.7 Å².